The van der Waals surface area contributed by atoms with E-state index in [1.54, 1.807) is 13.2 Å². The van der Waals surface area contributed by atoms with Crippen LogP contribution in [0.25, 0.3) is 0 Å². The van der Waals surface area contributed by atoms with Gasteiger partial charge >= 0.3 is 0 Å². The Hall–Kier alpha value is -0.480. The van der Waals surface area contributed by atoms with Crippen molar-refractivity contribution in [2.45, 2.75) is 26.3 Å². The summed E-state index contributed by atoms with van der Waals surface area (Å²) in [7, 11) is 1.57. The Labute approximate surface area is 125 Å². The van der Waals surface area contributed by atoms with E-state index in [2.05, 4.69) is 19.2 Å². The largest absolute Gasteiger partial charge is 0.495 e. The Balaban J connectivity index is 2.35. The molecule has 3 nitrogen and oxygen atoms in total. The maximum Gasteiger partial charge on any atom is 0.138 e. The van der Waals surface area contributed by atoms with Gasteiger partial charge in [0.05, 0.1) is 25.3 Å². The molecule has 0 atom stereocenters. The highest BCUT2D eigenvalue weighted by molar-refractivity contribution is 6.34. The second-order valence-corrected chi connectivity index (χ2v) is 5.36. The van der Waals surface area contributed by atoms with Gasteiger partial charge in [-0.15, -0.1) is 0 Å². The second-order valence-electron chi connectivity index (χ2n) is 4.55. The SMILES string of the molecule is COc1cc(Cl)c(CCOCCNC(C)C)cc1Cl. The van der Waals surface area contributed by atoms with Crippen molar-refractivity contribution in [2.75, 3.05) is 26.9 Å². The first-order valence-electron chi connectivity index (χ1n) is 6.37. The van der Waals surface area contributed by atoms with Crippen LogP contribution in [0, 0.1) is 0 Å². The predicted octanol–water partition coefficient (Wildman–Crippen LogP) is 3.56. The van der Waals surface area contributed by atoms with Gasteiger partial charge in [-0.25, -0.2) is 0 Å². The first kappa shape index (κ1) is 16.6. The molecule has 0 aromatic heterocycles. The monoisotopic (exact) mass is 305 g/mol. The van der Waals surface area contributed by atoms with E-state index in [0.29, 0.717) is 35.1 Å². The lowest BCUT2D eigenvalue weighted by molar-refractivity contribution is 0.137. The van der Waals surface area contributed by atoms with Crippen LogP contribution in [0.1, 0.15) is 19.4 Å². The first-order valence-corrected chi connectivity index (χ1v) is 7.13. The third-order valence-corrected chi connectivity index (χ3v) is 3.28. The molecule has 0 fully saturated rings. The molecule has 0 aliphatic heterocycles. The molecule has 1 rings (SSSR count). The van der Waals surface area contributed by atoms with Crippen LogP contribution in [0.5, 0.6) is 5.75 Å². The van der Waals surface area contributed by atoms with Crippen molar-refractivity contribution in [2.24, 2.45) is 0 Å². The van der Waals surface area contributed by atoms with Gasteiger partial charge in [-0.2, -0.15) is 0 Å². The topological polar surface area (TPSA) is 30.5 Å². The van der Waals surface area contributed by atoms with Gasteiger partial charge in [0.1, 0.15) is 5.75 Å². The van der Waals surface area contributed by atoms with Gasteiger partial charge in [0.15, 0.2) is 0 Å². The molecule has 0 bridgehead atoms. The smallest absolute Gasteiger partial charge is 0.138 e. The summed E-state index contributed by atoms with van der Waals surface area (Å²) in [5, 5.41) is 4.52. The van der Waals surface area contributed by atoms with Crippen LogP contribution in [0.15, 0.2) is 12.1 Å². The van der Waals surface area contributed by atoms with Crippen LogP contribution in [0.3, 0.4) is 0 Å². The number of methoxy groups -OCH3 is 1. The van der Waals surface area contributed by atoms with E-state index in [4.69, 9.17) is 32.7 Å². The summed E-state index contributed by atoms with van der Waals surface area (Å²) < 4.78 is 10.6. The van der Waals surface area contributed by atoms with Crippen molar-refractivity contribution in [3.63, 3.8) is 0 Å². The molecule has 0 heterocycles. The molecule has 0 saturated heterocycles. The van der Waals surface area contributed by atoms with Crippen LogP contribution in [-0.2, 0) is 11.2 Å². The van der Waals surface area contributed by atoms with Crippen molar-refractivity contribution in [3.05, 3.63) is 27.7 Å². The molecular formula is C14H21Cl2NO2. The minimum atomic E-state index is 0.485. The first-order chi connectivity index (χ1) is 9.04. The molecule has 1 N–H and O–H groups in total. The highest BCUT2D eigenvalue weighted by Gasteiger charge is 2.07. The Morgan fingerprint density at radius 1 is 1.16 bits per heavy atom. The minimum absolute atomic E-state index is 0.485. The van der Waals surface area contributed by atoms with E-state index in [1.165, 1.54) is 0 Å². The molecule has 5 heteroatoms. The van der Waals surface area contributed by atoms with Gasteiger partial charge in [0, 0.05) is 23.7 Å². The average Bonchev–Trinajstić information content (AvgIpc) is 2.36. The molecule has 1 aromatic rings. The fourth-order valence-corrected chi connectivity index (χ4v) is 2.13. The summed E-state index contributed by atoms with van der Waals surface area (Å²) in [6.07, 6.45) is 0.740. The predicted molar refractivity (Wildman–Crippen MR) is 80.7 cm³/mol. The molecule has 0 saturated carbocycles. The average molecular weight is 306 g/mol. The third-order valence-electron chi connectivity index (χ3n) is 2.64. The molecule has 0 aliphatic rings. The van der Waals surface area contributed by atoms with E-state index < -0.39 is 0 Å². The fourth-order valence-electron chi connectivity index (χ4n) is 1.62. The summed E-state index contributed by atoms with van der Waals surface area (Å²) in [4.78, 5) is 0. The zero-order chi connectivity index (χ0) is 14.3. The lowest BCUT2D eigenvalue weighted by Gasteiger charge is -2.10. The van der Waals surface area contributed by atoms with Crippen molar-refractivity contribution < 1.29 is 9.47 Å². The Morgan fingerprint density at radius 2 is 1.89 bits per heavy atom. The molecule has 0 amide bonds. The maximum absolute atomic E-state index is 6.16. The zero-order valence-electron chi connectivity index (χ0n) is 11.6. The third kappa shape index (κ3) is 6.00. The number of hydrogen-bond donors (Lipinski definition) is 1. The molecule has 0 aliphatic carbocycles. The lowest BCUT2D eigenvalue weighted by Crippen LogP contribution is -2.26. The van der Waals surface area contributed by atoms with Gasteiger partial charge in [-0.3, -0.25) is 0 Å². The van der Waals surface area contributed by atoms with E-state index in [-0.39, 0.29) is 0 Å². The number of benzene rings is 1. The normalized spacial score (nSPS) is 11.1. The van der Waals surface area contributed by atoms with Gasteiger partial charge in [0.2, 0.25) is 0 Å². The Morgan fingerprint density at radius 3 is 2.53 bits per heavy atom. The van der Waals surface area contributed by atoms with Gasteiger partial charge in [0.25, 0.3) is 0 Å². The summed E-state index contributed by atoms with van der Waals surface area (Å²) in [6, 6.07) is 4.05. The summed E-state index contributed by atoms with van der Waals surface area (Å²) in [5.41, 5.74) is 0.976. The molecule has 0 radical (unpaired) electrons. The van der Waals surface area contributed by atoms with Gasteiger partial charge in [-0.1, -0.05) is 37.0 Å². The summed E-state index contributed by atoms with van der Waals surface area (Å²) in [6.45, 7) is 6.40. The van der Waals surface area contributed by atoms with Crippen LogP contribution < -0.4 is 10.1 Å². The molecule has 1 aromatic carbocycles. The molecule has 19 heavy (non-hydrogen) atoms. The highest BCUT2D eigenvalue weighted by Crippen LogP contribution is 2.31. The van der Waals surface area contributed by atoms with Crippen molar-refractivity contribution >= 4 is 23.2 Å². The minimum Gasteiger partial charge on any atom is -0.495 e. The maximum atomic E-state index is 6.16. The number of rotatable bonds is 8. The number of halogens is 2. The molecule has 108 valence electrons. The van der Waals surface area contributed by atoms with Crippen LogP contribution in [0.2, 0.25) is 10.0 Å². The van der Waals surface area contributed by atoms with Gasteiger partial charge < -0.3 is 14.8 Å². The van der Waals surface area contributed by atoms with E-state index in [9.17, 15) is 0 Å². The van der Waals surface area contributed by atoms with Crippen molar-refractivity contribution in [1.82, 2.24) is 5.32 Å². The molecule has 0 unspecified atom stereocenters. The van der Waals surface area contributed by atoms with E-state index >= 15 is 0 Å². The van der Waals surface area contributed by atoms with Crippen LogP contribution >= 0.6 is 23.2 Å². The Kier molecular flexibility index (Phi) is 7.54. The zero-order valence-corrected chi connectivity index (χ0v) is 13.1. The lowest BCUT2D eigenvalue weighted by atomic mass is 10.1. The van der Waals surface area contributed by atoms with E-state index in [1.807, 2.05) is 6.07 Å². The van der Waals surface area contributed by atoms with Gasteiger partial charge in [-0.05, 0) is 18.1 Å². The molecule has 0 spiro atoms. The molecular weight excluding hydrogens is 285 g/mol. The number of hydrogen-bond acceptors (Lipinski definition) is 3. The second kappa shape index (κ2) is 8.64. The van der Waals surface area contributed by atoms with E-state index in [0.717, 1.165) is 18.5 Å². The fraction of sp³-hybridized carbons (Fsp3) is 0.571. The summed E-state index contributed by atoms with van der Waals surface area (Å²) in [5.74, 6) is 0.595. The number of ether oxygens (including phenoxy) is 2. The summed E-state index contributed by atoms with van der Waals surface area (Å²) >= 11 is 12.2. The number of nitrogens with one attached hydrogen (secondary N) is 1. The van der Waals surface area contributed by atoms with Crippen molar-refractivity contribution in [1.29, 1.82) is 0 Å². The Bertz CT molecular complexity index is 397. The highest BCUT2D eigenvalue weighted by atomic mass is 35.5. The standard InChI is InChI=1S/C14H21Cl2NO2/c1-10(2)17-5-7-19-6-4-11-8-13(16)14(18-3)9-12(11)15/h8-10,17H,4-7H2,1-3H3. The quantitative estimate of drug-likeness (QED) is 0.745. The van der Waals surface area contributed by atoms with Crippen LogP contribution in [-0.4, -0.2) is 32.9 Å². The van der Waals surface area contributed by atoms with Crippen molar-refractivity contribution in [3.8, 4) is 5.75 Å². The van der Waals surface area contributed by atoms with Crippen LogP contribution in [0.4, 0.5) is 0 Å².